The first-order chi connectivity index (χ1) is 9.88. The van der Waals surface area contributed by atoms with Crippen LogP contribution in [0.3, 0.4) is 0 Å². The van der Waals surface area contributed by atoms with E-state index in [0.717, 1.165) is 0 Å². The highest BCUT2D eigenvalue weighted by molar-refractivity contribution is 6.32. The van der Waals surface area contributed by atoms with Gasteiger partial charge < -0.3 is 15.8 Å². The van der Waals surface area contributed by atoms with Crippen LogP contribution in [0.1, 0.15) is 25.3 Å². The fourth-order valence-corrected chi connectivity index (χ4v) is 2.07. The first-order valence-electron chi connectivity index (χ1n) is 6.37. The third-order valence-corrected chi connectivity index (χ3v) is 2.96. The van der Waals surface area contributed by atoms with E-state index in [1.807, 2.05) is 0 Å². The lowest BCUT2D eigenvalue weighted by Crippen LogP contribution is -2.33. The molecular weight excluding hydrogens is 317 g/mol. The van der Waals surface area contributed by atoms with Crippen LogP contribution in [-0.2, 0) is 20.9 Å². The zero-order valence-corrected chi connectivity index (χ0v) is 13.1. The molecule has 0 radical (unpaired) electrons. The van der Waals surface area contributed by atoms with Crippen LogP contribution in [0, 0.1) is 0 Å². The normalized spacial score (nSPS) is 11.8. The van der Waals surface area contributed by atoms with E-state index >= 15 is 0 Å². The molecule has 21 heavy (non-hydrogen) atoms. The molecule has 1 aromatic heterocycles. The number of hydrogen-bond acceptors (Lipinski definition) is 5. The Morgan fingerprint density at radius 3 is 2.57 bits per heavy atom. The molecule has 1 aromatic rings. The van der Waals surface area contributed by atoms with E-state index < -0.39 is 12.0 Å². The fourth-order valence-electron chi connectivity index (χ4n) is 1.56. The number of ether oxygens (including phenoxy) is 1. The highest BCUT2D eigenvalue weighted by Crippen LogP contribution is 2.15. The van der Waals surface area contributed by atoms with Crippen molar-refractivity contribution in [2.75, 3.05) is 6.54 Å². The predicted molar refractivity (Wildman–Crippen MR) is 79.9 cm³/mol. The molecule has 6 nitrogen and oxygen atoms in total. The molecule has 0 saturated heterocycles. The van der Waals surface area contributed by atoms with Gasteiger partial charge in [-0.2, -0.15) is 0 Å². The van der Waals surface area contributed by atoms with Gasteiger partial charge in [-0.25, -0.2) is 4.98 Å². The summed E-state index contributed by atoms with van der Waals surface area (Å²) in [6, 6.07) is 2.39. The Morgan fingerprint density at radius 2 is 2.00 bits per heavy atom. The predicted octanol–water partition coefficient (Wildman–Crippen LogP) is 1.68. The van der Waals surface area contributed by atoms with Crippen LogP contribution in [-0.4, -0.2) is 29.4 Å². The monoisotopic (exact) mass is 333 g/mol. The minimum absolute atomic E-state index is 0.0280. The van der Waals surface area contributed by atoms with Gasteiger partial charge in [-0.05, 0) is 30.5 Å². The molecule has 1 rings (SSSR count). The van der Waals surface area contributed by atoms with Crippen LogP contribution < -0.4 is 11.1 Å². The SMILES string of the molecule is CC(=O)NCCC[C@H](N)C(=O)OCc1cc(Cl)nc(Cl)c1. The van der Waals surface area contributed by atoms with Gasteiger partial charge in [0.15, 0.2) is 0 Å². The number of nitrogens with zero attached hydrogens (tertiary/aromatic N) is 1. The third-order valence-electron chi connectivity index (χ3n) is 2.57. The quantitative estimate of drug-likeness (QED) is 0.449. The lowest BCUT2D eigenvalue weighted by atomic mass is 10.1. The Morgan fingerprint density at radius 1 is 1.38 bits per heavy atom. The first kappa shape index (κ1) is 17.7. The van der Waals surface area contributed by atoms with Gasteiger partial charge >= 0.3 is 5.97 Å². The number of rotatable bonds is 7. The zero-order valence-electron chi connectivity index (χ0n) is 11.6. The lowest BCUT2D eigenvalue weighted by molar-refractivity contribution is -0.146. The maximum absolute atomic E-state index is 11.7. The Kier molecular flexibility index (Phi) is 7.42. The Balaban J connectivity index is 2.33. The van der Waals surface area contributed by atoms with E-state index in [2.05, 4.69) is 10.3 Å². The second-order valence-corrected chi connectivity index (χ2v) is 5.23. The van der Waals surface area contributed by atoms with Crippen molar-refractivity contribution in [3.05, 3.63) is 28.0 Å². The molecule has 0 fully saturated rings. The van der Waals surface area contributed by atoms with Crippen molar-refractivity contribution in [3.8, 4) is 0 Å². The van der Waals surface area contributed by atoms with Gasteiger partial charge in [0.25, 0.3) is 0 Å². The van der Waals surface area contributed by atoms with E-state index in [4.69, 9.17) is 33.7 Å². The number of amides is 1. The molecule has 1 heterocycles. The number of halogens is 2. The summed E-state index contributed by atoms with van der Waals surface area (Å²) in [5.74, 6) is -0.625. The summed E-state index contributed by atoms with van der Waals surface area (Å²) in [6.07, 6.45) is 1.03. The highest BCUT2D eigenvalue weighted by atomic mass is 35.5. The average Bonchev–Trinajstić information content (AvgIpc) is 2.39. The zero-order chi connectivity index (χ0) is 15.8. The van der Waals surface area contributed by atoms with Gasteiger partial charge in [-0.15, -0.1) is 0 Å². The molecule has 0 bridgehead atoms. The van der Waals surface area contributed by atoms with Crippen LogP contribution in [0.2, 0.25) is 10.3 Å². The van der Waals surface area contributed by atoms with E-state index in [9.17, 15) is 9.59 Å². The molecule has 0 aliphatic heterocycles. The Labute approximate surface area is 133 Å². The average molecular weight is 334 g/mol. The molecule has 0 saturated carbocycles. The third kappa shape index (κ3) is 7.27. The number of carbonyl (C=O) groups is 2. The molecule has 3 N–H and O–H groups in total. The topological polar surface area (TPSA) is 94.3 Å². The maximum Gasteiger partial charge on any atom is 0.323 e. The van der Waals surface area contributed by atoms with Gasteiger partial charge in [-0.3, -0.25) is 9.59 Å². The summed E-state index contributed by atoms with van der Waals surface area (Å²) in [5, 5.41) is 3.09. The standard InChI is InChI=1S/C13H17Cl2N3O3/c1-8(19)17-4-2-3-10(16)13(20)21-7-9-5-11(14)18-12(15)6-9/h5-6,10H,2-4,7,16H2,1H3,(H,17,19)/t10-/m0/s1. The van der Waals surface area contributed by atoms with E-state index in [0.29, 0.717) is 24.9 Å². The molecule has 0 unspecified atom stereocenters. The van der Waals surface area contributed by atoms with E-state index in [1.165, 1.54) is 6.92 Å². The van der Waals surface area contributed by atoms with Gasteiger partial charge in [0.05, 0.1) is 0 Å². The summed E-state index contributed by atoms with van der Waals surface area (Å²) >= 11 is 11.5. The maximum atomic E-state index is 11.7. The summed E-state index contributed by atoms with van der Waals surface area (Å²) in [4.78, 5) is 26.2. The van der Waals surface area contributed by atoms with Crippen molar-refractivity contribution in [1.82, 2.24) is 10.3 Å². The van der Waals surface area contributed by atoms with Crippen LogP contribution in [0.4, 0.5) is 0 Å². The minimum atomic E-state index is -0.730. The molecule has 1 amide bonds. The second-order valence-electron chi connectivity index (χ2n) is 4.46. The van der Waals surface area contributed by atoms with Crippen LogP contribution in [0.25, 0.3) is 0 Å². The lowest BCUT2D eigenvalue weighted by Gasteiger charge is -2.12. The number of carbonyl (C=O) groups excluding carboxylic acids is 2. The van der Waals surface area contributed by atoms with Gasteiger partial charge in [0, 0.05) is 13.5 Å². The number of nitrogens with two attached hydrogens (primary N) is 1. The molecule has 116 valence electrons. The Hall–Kier alpha value is -1.37. The molecule has 0 aliphatic carbocycles. The summed E-state index contributed by atoms with van der Waals surface area (Å²) in [5.41, 5.74) is 6.34. The smallest absolute Gasteiger partial charge is 0.323 e. The number of nitrogens with one attached hydrogen (secondary N) is 1. The first-order valence-corrected chi connectivity index (χ1v) is 7.12. The van der Waals surface area contributed by atoms with Crippen LogP contribution >= 0.6 is 23.2 Å². The van der Waals surface area contributed by atoms with Crippen LogP contribution in [0.15, 0.2) is 12.1 Å². The number of aromatic nitrogens is 1. The van der Waals surface area contributed by atoms with Gasteiger partial charge in [0.1, 0.15) is 23.0 Å². The van der Waals surface area contributed by atoms with Crippen LogP contribution in [0.5, 0.6) is 0 Å². The highest BCUT2D eigenvalue weighted by Gasteiger charge is 2.15. The molecule has 0 aromatic carbocycles. The van der Waals surface area contributed by atoms with Crippen molar-refractivity contribution in [2.45, 2.75) is 32.4 Å². The second kappa shape index (κ2) is 8.81. The molecule has 1 atom stereocenters. The van der Waals surface area contributed by atoms with Crippen molar-refractivity contribution in [3.63, 3.8) is 0 Å². The fraction of sp³-hybridized carbons (Fsp3) is 0.462. The van der Waals surface area contributed by atoms with Crippen molar-refractivity contribution in [2.24, 2.45) is 5.73 Å². The largest absolute Gasteiger partial charge is 0.460 e. The van der Waals surface area contributed by atoms with E-state index in [1.54, 1.807) is 12.1 Å². The van der Waals surface area contributed by atoms with Gasteiger partial charge in [0.2, 0.25) is 5.91 Å². The van der Waals surface area contributed by atoms with Crippen molar-refractivity contribution >= 4 is 35.1 Å². The number of hydrogen-bond donors (Lipinski definition) is 2. The molecule has 0 aliphatic rings. The van der Waals surface area contributed by atoms with Gasteiger partial charge in [-0.1, -0.05) is 23.2 Å². The molecule has 8 heteroatoms. The minimum Gasteiger partial charge on any atom is -0.460 e. The van der Waals surface area contributed by atoms with Crippen molar-refractivity contribution in [1.29, 1.82) is 0 Å². The summed E-state index contributed by atoms with van der Waals surface area (Å²) in [7, 11) is 0. The molecular formula is C13H17Cl2N3O3. The summed E-state index contributed by atoms with van der Waals surface area (Å²) in [6.45, 7) is 1.94. The number of esters is 1. The van der Waals surface area contributed by atoms with Crippen molar-refractivity contribution < 1.29 is 14.3 Å². The number of pyridine rings is 1. The van der Waals surface area contributed by atoms with E-state index in [-0.39, 0.29) is 22.8 Å². The Bertz CT molecular complexity index is 491. The molecule has 0 spiro atoms. The summed E-state index contributed by atoms with van der Waals surface area (Å²) < 4.78 is 5.08.